The molecule has 1 fully saturated rings. The van der Waals surface area contributed by atoms with Gasteiger partial charge in [0, 0.05) is 36.3 Å². The van der Waals surface area contributed by atoms with Crippen molar-refractivity contribution in [2.24, 2.45) is 5.92 Å². The van der Waals surface area contributed by atoms with Gasteiger partial charge in [-0.1, -0.05) is 30.3 Å². The quantitative estimate of drug-likeness (QED) is 0.623. The summed E-state index contributed by atoms with van der Waals surface area (Å²) in [4.78, 5) is 12.0. The molecule has 0 bridgehead atoms. The summed E-state index contributed by atoms with van der Waals surface area (Å²) in [6, 6.07) is 15.3. The fourth-order valence-corrected chi connectivity index (χ4v) is 3.39. The molecule has 0 aliphatic heterocycles. The Kier molecular flexibility index (Phi) is 4.97. The molecular formula is C23H24N2O2. The van der Waals surface area contributed by atoms with Crippen LogP contribution in [0, 0.1) is 5.92 Å². The van der Waals surface area contributed by atoms with E-state index in [2.05, 4.69) is 40.3 Å². The minimum atomic E-state index is -0.107. The van der Waals surface area contributed by atoms with Crippen LogP contribution in [0.5, 0.6) is 5.75 Å². The molecule has 2 aromatic carbocycles. The first kappa shape index (κ1) is 17.4. The number of fused-ring (bicyclic) bond motifs is 1. The third-order valence-electron chi connectivity index (χ3n) is 5.04. The second-order valence-electron chi connectivity index (χ2n) is 7.23. The number of hydrogen-bond acceptors (Lipinski definition) is 2. The smallest absolute Gasteiger partial charge is 0.244 e. The molecule has 0 radical (unpaired) electrons. The molecule has 2 N–H and O–H groups in total. The molecule has 4 rings (SSSR count). The lowest BCUT2D eigenvalue weighted by molar-refractivity contribution is -0.116. The Labute approximate surface area is 159 Å². The number of benzene rings is 2. The Morgan fingerprint density at radius 3 is 2.70 bits per heavy atom. The number of hydrogen-bond donors (Lipinski definition) is 2. The maximum absolute atomic E-state index is 12.0. The Hall–Kier alpha value is -3.01. The van der Waals surface area contributed by atoms with Crippen molar-refractivity contribution in [3.05, 3.63) is 71.9 Å². The van der Waals surface area contributed by atoms with E-state index in [-0.39, 0.29) is 11.7 Å². The van der Waals surface area contributed by atoms with Gasteiger partial charge in [-0.3, -0.25) is 4.79 Å². The number of phenolic OH excluding ortho intramolecular Hbond substituents is 1. The molecule has 138 valence electrons. The van der Waals surface area contributed by atoms with Gasteiger partial charge in [0.1, 0.15) is 5.75 Å². The predicted molar refractivity (Wildman–Crippen MR) is 109 cm³/mol. The van der Waals surface area contributed by atoms with Gasteiger partial charge in [-0.15, -0.1) is 0 Å². The minimum Gasteiger partial charge on any atom is -0.508 e. The minimum absolute atomic E-state index is 0.107. The predicted octanol–water partition coefficient (Wildman–Crippen LogP) is 4.13. The highest BCUT2D eigenvalue weighted by molar-refractivity contribution is 5.91. The summed E-state index contributed by atoms with van der Waals surface area (Å²) in [5, 5.41) is 13.5. The van der Waals surface area contributed by atoms with Crippen LogP contribution in [0.4, 0.5) is 0 Å². The second kappa shape index (κ2) is 7.70. The first-order valence-corrected chi connectivity index (χ1v) is 9.51. The average Bonchev–Trinajstić information content (AvgIpc) is 3.43. The number of rotatable bonds is 7. The largest absolute Gasteiger partial charge is 0.508 e. The lowest BCUT2D eigenvalue weighted by Crippen LogP contribution is -2.23. The number of amides is 1. The molecule has 1 heterocycles. The molecule has 1 aliphatic carbocycles. The number of para-hydroxylation sites is 1. The van der Waals surface area contributed by atoms with Crippen molar-refractivity contribution in [1.82, 2.24) is 9.88 Å². The number of aromatic nitrogens is 1. The van der Waals surface area contributed by atoms with Gasteiger partial charge >= 0.3 is 0 Å². The van der Waals surface area contributed by atoms with Crippen molar-refractivity contribution >= 4 is 22.9 Å². The van der Waals surface area contributed by atoms with Crippen LogP contribution in [0.2, 0.25) is 0 Å². The summed E-state index contributed by atoms with van der Waals surface area (Å²) < 4.78 is 2.37. The number of phenols is 1. The second-order valence-corrected chi connectivity index (χ2v) is 7.23. The topological polar surface area (TPSA) is 54.3 Å². The van der Waals surface area contributed by atoms with Crippen molar-refractivity contribution in [2.45, 2.75) is 25.8 Å². The zero-order valence-corrected chi connectivity index (χ0v) is 15.3. The van der Waals surface area contributed by atoms with Gasteiger partial charge in [-0.25, -0.2) is 0 Å². The van der Waals surface area contributed by atoms with Crippen molar-refractivity contribution in [2.75, 3.05) is 6.54 Å². The fourth-order valence-electron chi connectivity index (χ4n) is 3.39. The third-order valence-corrected chi connectivity index (χ3v) is 5.04. The summed E-state index contributed by atoms with van der Waals surface area (Å²) in [5.41, 5.74) is 3.46. The Bertz CT molecular complexity index is 966. The maximum Gasteiger partial charge on any atom is 0.244 e. The Balaban J connectivity index is 1.35. The molecule has 1 aliphatic rings. The normalized spacial score (nSPS) is 14.1. The van der Waals surface area contributed by atoms with Crippen LogP contribution in [-0.4, -0.2) is 22.1 Å². The van der Waals surface area contributed by atoms with Crippen LogP contribution in [0.15, 0.2) is 60.8 Å². The van der Waals surface area contributed by atoms with E-state index in [9.17, 15) is 9.90 Å². The first-order chi connectivity index (χ1) is 13.2. The summed E-state index contributed by atoms with van der Waals surface area (Å²) in [6.45, 7) is 1.71. The highest BCUT2D eigenvalue weighted by atomic mass is 16.3. The highest BCUT2D eigenvalue weighted by Gasteiger charge is 2.22. The van der Waals surface area contributed by atoms with Gasteiger partial charge in [0.25, 0.3) is 0 Å². The standard InChI is InChI=1S/C23H24N2O2/c26-20-10-7-17(8-11-20)9-12-23(27)24-14-13-19-16-25(15-18-5-6-18)22-4-2-1-3-21(19)22/h1-4,7-12,16,18,26H,5-6,13-15H2,(H,24,27)/b12-9+. The van der Waals surface area contributed by atoms with E-state index >= 15 is 0 Å². The average molecular weight is 360 g/mol. The van der Waals surface area contributed by atoms with E-state index in [0.717, 1.165) is 24.4 Å². The molecule has 0 spiro atoms. The van der Waals surface area contributed by atoms with Gasteiger partial charge in [0.2, 0.25) is 5.91 Å². The summed E-state index contributed by atoms with van der Waals surface area (Å²) in [5.74, 6) is 0.945. The van der Waals surface area contributed by atoms with E-state index in [0.29, 0.717) is 6.54 Å². The van der Waals surface area contributed by atoms with Crippen LogP contribution in [0.1, 0.15) is 24.0 Å². The zero-order valence-electron chi connectivity index (χ0n) is 15.3. The lowest BCUT2D eigenvalue weighted by atomic mass is 10.1. The molecule has 0 unspecified atom stereocenters. The van der Waals surface area contributed by atoms with Crippen LogP contribution in [0.25, 0.3) is 17.0 Å². The zero-order chi connectivity index (χ0) is 18.6. The van der Waals surface area contributed by atoms with E-state index in [1.54, 1.807) is 30.3 Å². The molecule has 0 atom stereocenters. The molecule has 3 aromatic rings. The molecule has 27 heavy (non-hydrogen) atoms. The molecule has 1 amide bonds. The van der Waals surface area contributed by atoms with Gasteiger partial charge in [0.15, 0.2) is 0 Å². The van der Waals surface area contributed by atoms with Crippen molar-refractivity contribution in [3.63, 3.8) is 0 Å². The molecule has 0 saturated heterocycles. The Morgan fingerprint density at radius 2 is 1.93 bits per heavy atom. The third kappa shape index (κ3) is 4.40. The van der Waals surface area contributed by atoms with E-state index in [1.165, 1.54) is 35.4 Å². The van der Waals surface area contributed by atoms with Crippen LogP contribution < -0.4 is 5.32 Å². The van der Waals surface area contributed by atoms with Crippen LogP contribution in [0.3, 0.4) is 0 Å². The number of aromatic hydroxyl groups is 1. The summed E-state index contributed by atoms with van der Waals surface area (Å²) in [6.07, 6.45) is 9.02. The molecule has 1 saturated carbocycles. The molecule has 4 heteroatoms. The van der Waals surface area contributed by atoms with Crippen molar-refractivity contribution in [3.8, 4) is 5.75 Å². The van der Waals surface area contributed by atoms with Crippen LogP contribution >= 0.6 is 0 Å². The fraction of sp³-hybridized carbons (Fsp3) is 0.261. The molecule has 4 nitrogen and oxygen atoms in total. The van der Waals surface area contributed by atoms with Gasteiger partial charge in [-0.2, -0.15) is 0 Å². The highest BCUT2D eigenvalue weighted by Crippen LogP contribution is 2.33. The number of carbonyl (C=O) groups is 1. The van der Waals surface area contributed by atoms with Gasteiger partial charge in [-0.05, 0) is 60.6 Å². The van der Waals surface area contributed by atoms with Crippen LogP contribution in [-0.2, 0) is 17.8 Å². The van der Waals surface area contributed by atoms with E-state index in [1.807, 2.05) is 0 Å². The van der Waals surface area contributed by atoms with Crippen molar-refractivity contribution in [1.29, 1.82) is 0 Å². The van der Waals surface area contributed by atoms with Crippen molar-refractivity contribution < 1.29 is 9.90 Å². The summed E-state index contributed by atoms with van der Waals surface area (Å²) >= 11 is 0. The number of carbonyl (C=O) groups excluding carboxylic acids is 1. The SMILES string of the molecule is O=C(/C=C/c1ccc(O)cc1)NCCc1cn(CC2CC2)c2ccccc12. The van der Waals surface area contributed by atoms with Gasteiger partial charge in [0.05, 0.1) is 0 Å². The summed E-state index contributed by atoms with van der Waals surface area (Å²) in [7, 11) is 0. The number of nitrogens with zero attached hydrogens (tertiary/aromatic N) is 1. The molecule has 1 aromatic heterocycles. The first-order valence-electron chi connectivity index (χ1n) is 9.51. The van der Waals surface area contributed by atoms with Gasteiger partial charge < -0.3 is 15.0 Å². The monoisotopic (exact) mass is 360 g/mol. The maximum atomic E-state index is 12.0. The molecular weight excluding hydrogens is 336 g/mol. The number of nitrogens with one attached hydrogen (secondary N) is 1. The Morgan fingerprint density at radius 1 is 1.15 bits per heavy atom. The van der Waals surface area contributed by atoms with E-state index in [4.69, 9.17) is 0 Å². The lowest BCUT2D eigenvalue weighted by Gasteiger charge is -2.02. The van der Waals surface area contributed by atoms with E-state index < -0.39 is 0 Å².